The first-order valence-corrected chi connectivity index (χ1v) is 7.07. The van der Waals surface area contributed by atoms with Crippen LogP contribution in [0.3, 0.4) is 0 Å². The van der Waals surface area contributed by atoms with Gasteiger partial charge in [0.1, 0.15) is 0 Å². The topological polar surface area (TPSA) is 95.4 Å². The number of hydrogen-bond acceptors (Lipinski definition) is 4. The van der Waals surface area contributed by atoms with Crippen molar-refractivity contribution >= 4 is 15.7 Å². The smallest absolute Gasteiger partial charge is 0.238 e. The third kappa shape index (κ3) is 2.77. The Kier molecular flexibility index (Phi) is 3.37. The molecule has 1 unspecified atom stereocenters. The summed E-state index contributed by atoms with van der Waals surface area (Å²) in [4.78, 5) is 0.0366. The summed E-state index contributed by atoms with van der Waals surface area (Å²) in [6, 6.07) is 4.55. The maximum absolute atomic E-state index is 11.2. The molecular formula is C11H16N2O3S. The molecule has 1 aliphatic rings. The van der Waals surface area contributed by atoms with Crippen LogP contribution in [0.25, 0.3) is 0 Å². The summed E-state index contributed by atoms with van der Waals surface area (Å²) >= 11 is 0. The predicted octanol–water partition coefficient (Wildman–Crippen LogP) is 1.16. The molecule has 1 saturated heterocycles. The van der Waals surface area contributed by atoms with Crippen LogP contribution in [0.2, 0.25) is 0 Å². The zero-order valence-corrected chi connectivity index (χ0v) is 10.2. The van der Waals surface area contributed by atoms with E-state index in [1.807, 2.05) is 0 Å². The number of benzene rings is 1. The molecule has 0 saturated carbocycles. The number of anilines is 1. The molecule has 5 nitrogen and oxygen atoms in total. The van der Waals surface area contributed by atoms with Crippen LogP contribution in [0.5, 0.6) is 0 Å². The summed E-state index contributed by atoms with van der Waals surface area (Å²) in [7, 11) is -3.69. The van der Waals surface area contributed by atoms with Crippen LogP contribution in [0, 0.1) is 0 Å². The van der Waals surface area contributed by atoms with E-state index in [4.69, 9.17) is 15.6 Å². The first-order chi connectivity index (χ1) is 7.98. The molecule has 0 aliphatic carbocycles. The van der Waals surface area contributed by atoms with E-state index < -0.39 is 10.0 Å². The average molecular weight is 256 g/mol. The largest absolute Gasteiger partial charge is 0.398 e. The van der Waals surface area contributed by atoms with Crippen LogP contribution < -0.4 is 10.9 Å². The number of nitrogen functional groups attached to an aromatic ring is 1. The van der Waals surface area contributed by atoms with Gasteiger partial charge in [0.25, 0.3) is 0 Å². The molecule has 2 rings (SSSR count). The van der Waals surface area contributed by atoms with Gasteiger partial charge in [-0.2, -0.15) is 0 Å². The van der Waals surface area contributed by atoms with E-state index in [0.29, 0.717) is 5.69 Å². The Balaban J connectivity index is 2.31. The van der Waals surface area contributed by atoms with Gasteiger partial charge in [-0.25, -0.2) is 13.6 Å². The third-order valence-corrected chi connectivity index (χ3v) is 3.82. The summed E-state index contributed by atoms with van der Waals surface area (Å²) in [5.74, 6) is 0. The minimum Gasteiger partial charge on any atom is -0.398 e. The number of ether oxygens (including phenoxy) is 1. The highest BCUT2D eigenvalue weighted by atomic mass is 32.2. The van der Waals surface area contributed by atoms with E-state index in [2.05, 4.69) is 0 Å². The maximum Gasteiger partial charge on any atom is 0.238 e. The van der Waals surface area contributed by atoms with Crippen molar-refractivity contribution in [3.05, 3.63) is 23.8 Å². The normalized spacial score (nSPS) is 21.4. The van der Waals surface area contributed by atoms with E-state index in [-0.39, 0.29) is 11.0 Å². The van der Waals surface area contributed by atoms with Crippen molar-refractivity contribution in [3.63, 3.8) is 0 Å². The van der Waals surface area contributed by atoms with Crippen LogP contribution in [-0.4, -0.2) is 15.0 Å². The zero-order chi connectivity index (χ0) is 12.5. The molecule has 1 fully saturated rings. The molecule has 0 radical (unpaired) electrons. The Bertz CT molecular complexity index is 507. The molecule has 1 aromatic carbocycles. The van der Waals surface area contributed by atoms with Crippen molar-refractivity contribution in [1.29, 1.82) is 0 Å². The van der Waals surface area contributed by atoms with E-state index in [0.717, 1.165) is 31.4 Å². The molecule has 1 heterocycles. The van der Waals surface area contributed by atoms with Crippen molar-refractivity contribution < 1.29 is 13.2 Å². The second kappa shape index (κ2) is 4.64. The second-order valence-corrected chi connectivity index (χ2v) is 5.75. The van der Waals surface area contributed by atoms with Gasteiger partial charge in [0.15, 0.2) is 0 Å². The Morgan fingerprint density at radius 1 is 1.29 bits per heavy atom. The molecule has 1 aliphatic heterocycles. The second-order valence-electron chi connectivity index (χ2n) is 4.19. The molecule has 1 aromatic rings. The fraction of sp³-hybridized carbons (Fsp3) is 0.455. The summed E-state index contributed by atoms with van der Waals surface area (Å²) in [6.45, 7) is 0.723. The molecular weight excluding hydrogens is 240 g/mol. The van der Waals surface area contributed by atoms with E-state index >= 15 is 0 Å². The molecule has 94 valence electrons. The molecule has 6 heteroatoms. The highest BCUT2D eigenvalue weighted by molar-refractivity contribution is 7.89. The minimum atomic E-state index is -3.69. The highest BCUT2D eigenvalue weighted by Crippen LogP contribution is 2.32. The van der Waals surface area contributed by atoms with Crippen molar-refractivity contribution in [2.75, 3.05) is 12.3 Å². The van der Waals surface area contributed by atoms with Crippen LogP contribution in [-0.2, 0) is 14.8 Å². The number of nitrogens with two attached hydrogens (primary N) is 2. The lowest BCUT2D eigenvalue weighted by atomic mass is 10.00. The standard InChI is InChI=1S/C11H16N2O3S/c12-10-7-8(17(13,14)15)4-5-9(10)11-3-1-2-6-16-11/h4-5,7,11H,1-3,6,12H2,(H2,13,14,15). The van der Waals surface area contributed by atoms with Crippen LogP contribution in [0.1, 0.15) is 30.9 Å². The molecule has 0 bridgehead atoms. The number of rotatable bonds is 2. The summed E-state index contributed by atoms with van der Waals surface area (Å²) in [6.07, 6.45) is 3.05. The van der Waals surface area contributed by atoms with Crippen molar-refractivity contribution in [2.24, 2.45) is 5.14 Å². The lowest BCUT2D eigenvalue weighted by Gasteiger charge is -2.24. The van der Waals surface area contributed by atoms with Crippen molar-refractivity contribution in [3.8, 4) is 0 Å². The predicted molar refractivity (Wildman–Crippen MR) is 64.8 cm³/mol. The molecule has 17 heavy (non-hydrogen) atoms. The zero-order valence-electron chi connectivity index (χ0n) is 9.43. The first-order valence-electron chi connectivity index (χ1n) is 5.52. The van der Waals surface area contributed by atoms with Gasteiger partial charge in [0.2, 0.25) is 10.0 Å². The minimum absolute atomic E-state index is 0.0294. The van der Waals surface area contributed by atoms with E-state index in [9.17, 15) is 8.42 Å². The van der Waals surface area contributed by atoms with Gasteiger partial charge in [-0.15, -0.1) is 0 Å². The Labute approximate surface area is 101 Å². The molecule has 0 amide bonds. The molecule has 1 atom stereocenters. The Morgan fingerprint density at radius 2 is 2.06 bits per heavy atom. The van der Waals surface area contributed by atoms with Gasteiger partial charge in [-0.1, -0.05) is 6.07 Å². The summed E-state index contributed by atoms with van der Waals surface area (Å²) in [5.41, 5.74) is 7.11. The Hall–Kier alpha value is -1.11. The van der Waals surface area contributed by atoms with Gasteiger partial charge >= 0.3 is 0 Å². The molecule has 0 aromatic heterocycles. The number of sulfonamides is 1. The lowest BCUT2D eigenvalue weighted by molar-refractivity contribution is 0.0154. The number of primary sulfonamides is 1. The fourth-order valence-electron chi connectivity index (χ4n) is 2.01. The quantitative estimate of drug-likeness (QED) is 0.776. The summed E-state index contributed by atoms with van der Waals surface area (Å²) < 4.78 is 27.9. The van der Waals surface area contributed by atoms with Gasteiger partial charge in [0, 0.05) is 17.9 Å². The Morgan fingerprint density at radius 3 is 2.59 bits per heavy atom. The number of hydrogen-bond donors (Lipinski definition) is 2. The highest BCUT2D eigenvalue weighted by Gasteiger charge is 2.19. The SMILES string of the molecule is Nc1cc(S(N)(=O)=O)ccc1C1CCCCO1. The fourth-order valence-corrected chi connectivity index (χ4v) is 2.56. The van der Waals surface area contributed by atoms with Gasteiger partial charge in [0.05, 0.1) is 11.0 Å². The van der Waals surface area contributed by atoms with E-state index in [1.165, 1.54) is 12.1 Å². The maximum atomic E-state index is 11.2. The van der Waals surface area contributed by atoms with Gasteiger partial charge in [-0.05, 0) is 31.4 Å². The summed E-state index contributed by atoms with van der Waals surface area (Å²) in [5, 5.41) is 5.04. The first kappa shape index (κ1) is 12.3. The van der Waals surface area contributed by atoms with Crippen molar-refractivity contribution in [1.82, 2.24) is 0 Å². The van der Waals surface area contributed by atoms with Gasteiger partial charge < -0.3 is 10.5 Å². The van der Waals surface area contributed by atoms with Gasteiger partial charge in [-0.3, -0.25) is 0 Å². The van der Waals surface area contributed by atoms with Crippen LogP contribution in [0.15, 0.2) is 23.1 Å². The van der Waals surface area contributed by atoms with Crippen LogP contribution in [0.4, 0.5) is 5.69 Å². The third-order valence-electron chi connectivity index (χ3n) is 2.91. The lowest BCUT2D eigenvalue weighted by Crippen LogP contribution is -2.15. The van der Waals surface area contributed by atoms with E-state index in [1.54, 1.807) is 6.07 Å². The van der Waals surface area contributed by atoms with Crippen LogP contribution >= 0.6 is 0 Å². The van der Waals surface area contributed by atoms with Crippen molar-refractivity contribution in [2.45, 2.75) is 30.3 Å². The molecule has 0 spiro atoms. The molecule has 4 N–H and O–H groups in total. The average Bonchev–Trinajstić information content (AvgIpc) is 2.29. The monoisotopic (exact) mass is 256 g/mol.